The number of amides is 2. The second-order valence-electron chi connectivity index (χ2n) is 8.32. The number of carbonyl (C=O) groups is 2. The van der Waals surface area contributed by atoms with Gasteiger partial charge in [-0.15, -0.1) is 0 Å². The first-order valence-corrected chi connectivity index (χ1v) is 11.2. The predicted molar refractivity (Wildman–Crippen MR) is 123 cm³/mol. The number of hydrogen-bond acceptors (Lipinski definition) is 7. The molecule has 0 aliphatic carbocycles. The SMILES string of the molecule is O=C1C[C@@H](C(=O)Nc2ccc3c(c2)OCCO3)N=C(N2CCN(Cc3ccccc3)CC2)N1. The summed E-state index contributed by atoms with van der Waals surface area (Å²) in [5.74, 6) is 1.21. The van der Waals surface area contributed by atoms with Crippen molar-refractivity contribution in [1.29, 1.82) is 0 Å². The average molecular weight is 450 g/mol. The van der Waals surface area contributed by atoms with Gasteiger partial charge in [0.2, 0.25) is 17.8 Å². The Morgan fingerprint density at radius 2 is 1.79 bits per heavy atom. The number of piperazine rings is 1. The minimum atomic E-state index is -0.774. The minimum Gasteiger partial charge on any atom is -0.486 e. The van der Waals surface area contributed by atoms with Gasteiger partial charge >= 0.3 is 0 Å². The summed E-state index contributed by atoms with van der Waals surface area (Å²) in [6, 6.07) is 14.8. The van der Waals surface area contributed by atoms with Crippen molar-refractivity contribution in [1.82, 2.24) is 15.1 Å². The topological polar surface area (TPSA) is 95.5 Å². The van der Waals surface area contributed by atoms with Gasteiger partial charge in [0, 0.05) is 44.5 Å². The number of nitrogens with zero attached hydrogens (tertiary/aromatic N) is 3. The molecule has 2 N–H and O–H groups in total. The van der Waals surface area contributed by atoms with Crippen LogP contribution in [0.25, 0.3) is 0 Å². The Morgan fingerprint density at radius 3 is 2.58 bits per heavy atom. The quantitative estimate of drug-likeness (QED) is 0.734. The molecule has 5 rings (SSSR count). The van der Waals surface area contributed by atoms with Crippen molar-refractivity contribution in [3.8, 4) is 11.5 Å². The summed E-state index contributed by atoms with van der Waals surface area (Å²) in [4.78, 5) is 34.2. The number of rotatable bonds is 4. The highest BCUT2D eigenvalue weighted by Gasteiger charge is 2.31. The molecule has 0 spiro atoms. The van der Waals surface area contributed by atoms with E-state index in [0.717, 1.165) is 32.7 Å². The fourth-order valence-corrected chi connectivity index (χ4v) is 4.19. The van der Waals surface area contributed by atoms with Crippen molar-refractivity contribution >= 4 is 23.5 Å². The van der Waals surface area contributed by atoms with Gasteiger partial charge in [-0.25, -0.2) is 4.99 Å². The molecule has 2 aromatic rings. The molecule has 33 heavy (non-hydrogen) atoms. The van der Waals surface area contributed by atoms with Crippen molar-refractivity contribution in [3.05, 3.63) is 54.1 Å². The number of guanidine groups is 1. The summed E-state index contributed by atoms with van der Waals surface area (Å²) in [6.45, 7) is 5.07. The van der Waals surface area contributed by atoms with Crippen LogP contribution in [0.15, 0.2) is 53.5 Å². The second kappa shape index (κ2) is 9.50. The van der Waals surface area contributed by atoms with Crippen molar-refractivity contribution in [2.75, 3.05) is 44.7 Å². The van der Waals surface area contributed by atoms with Crippen LogP contribution in [0, 0.1) is 0 Å². The highest BCUT2D eigenvalue weighted by atomic mass is 16.6. The standard InChI is InChI=1S/C24H27N5O4/c30-22-15-19(23(31)25-18-6-7-20-21(14-18)33-13-12-32-20)26-24(27-22)29-10-8-28(9-11-29)16-17-4-2-1-3-5-17/h1-7,14,19H,8-13,15-16H2,(H,25,31)(H,26,27,30)/t19-/m0/s1. The van der Waals surface area contributed by atoms with Gasteiger partial charge < -0.3 is 19.7 Å². The van der Waals surface area contributed by atoms with Gasteiger partial charge in [0.15, 0.2) is 11.5 Å². The van der Waals surface area contributed by atoms with Gasteiger partial charge in [-0.3, -0.25) is 19.8 Å². The lowest BCUT2D eigenvalue weighted by atomic mass is 10.1. The van der Waals surface area contributed by atoms with Gasteiger partial charge in [-0.1, -0.05) is 30.3 Å². The third kappa shape index (κ3) is 5.09. The van der Waals surface area contributed by atoms with Crippen LogP contribution in [-0.4, -0.2) is 73.0 Å². The Morgan fingerprint density at radius 1 is 1.03 bits per heavy atom. The monoisotopic (exact) mass is 449 g/mol. The molecule has 172 valence electrons. The molecule has 0 bridgehead atoms. The maximum atomic E-state index is 12.9. The number of nitrogens with one attached hydrogen (secondary N) is 2. The van der Waals surface area contributed by atoms with Gasteiger partial charge in [-0.05, 0) is 17.7 Å². The van der Waals surface area contributed by atoms with E-state index in [4.69, 9.17) is 9.47 Å². The highest BCUT2D eigenvalue weighted by molar-refractivity contribution is 6.06. The van der Waals surface area contributed by atoms with E-state index >= 15 is 0 Å². The second-order valence-corrected chi connectivity index (χ2v) is 8.32. The van der Waals surface area contributed by atoms with E-state index in [1.165, 1.54) is 5.56 Å². The Kier molecular flexibility index (Phi) is 6.12. The number of hydrogen-bond donors (Lipinski definition) is 2. The molecule has 3 aliphatic heterocycles. The van der Waals surface area contributed by atoms with E-state index in [2.05, 4.69) is 32.7 Å². The maximum Gasteiger partial charge on any atom is 0.249 e. The van der Waals surface area contributed by atoms with Crippen molar-refractivity contribution in [2.24, 2.45) is 4.99 Å². The summed E-state index contributed by atoms with van der Waals surface area (Å²) >= 11 is 0. The van der Waals surface area contributed by atoms with E-state index in [1.54, 1.807) is 18.2 Å². The summed E-state index contributed by atoms with van der Waals surface area (Å²) in [5.41, 5.74) is 1.87. The summed E-state index contributed by atoms with van der Waals surface area (Å²) in [7, 11) is 0. The molecule has 2 amide bonds. The molecule has 3 heterocycles. The summed E-state index contributed by atoms with van der Waals surface area (Å²) in [5, 5.41) is 5.69. The van der Waals surface area contributed by atoms with Crippen molar-refractivity contribution < 1.29 is 19.1 Å². The average Bonchev–Trinajstić information content (AvgIpc) is 2.85. The van der Waals surface area contributed by atoms with Gasteiger partial charge in [-0.2, -0.15) is 0 Å². The zero-order chi connectivity index (χ0) is 22.6. The molecule has 2 aromatic carbocycles. The lowest BCUT2D eigenvalue weighted by molar-refractivity contribution is -0.125. The molecule has 3 aliphatic rings. The van der Waals surface area contributed by atoms with Crippen LogP contribution in [-0.2, 0) is 16.1 Å². The number of carbonyl (C=O) groups excluding carboxylic acids is 2. The maximum absolute atomic E-state index is 12.9. The van der Waals surface area contributed by atoms with E-state index in [-0.39, 0.29) is 18.2 Å². The fourth-order valence-electron chi connectivity index (χ4n) is 4.19. The fraction of sp³-hybridized carbons (Fsp3) is 0.375. The minimum absolute atomic E-state index is 0.0217. The predicted octanol–water partition coefficient (Wildman–Crippen LogP) is 1.46. The lowest BCUT2D eigenvalue weighted by Crippen LogP contribution is -2.56. The zero-order valence-corrected chi connectivity index (χ0v) is 18.3. The van der Waals surface area contributed by atoms with Crippen LogP contribution in [0.1, 0.15) is 12.0 Å². The summed E-state index contributed by atoms with van der Waals surface area (Å²) < 4.78 is 11.1. The van der Waals surface area contributed by atoms with Gasteiger partial charge in [0.05, 0.1) is 6.42 Å². The molecular weight excluding hydrogens is 422 g/mol. The summed E-state index contributed by atoms with van der Waals surface area (Å²) in [6.07, 6.45) is 0.0217. The normalized spacial score (nSPS) is 20.6. The molecule has 1 saturated heterocycles. The first-order chi connectivity index (χ1) is 16.1. The Hall–Kier alpha value is -3.59. The van der Waals surface area contributed by atoms with E-state index in [1.807, 2.05) is 23.1 Å². The van der Waals surface area contributed by atoms with Crippen LogP contribution in [0.4, 0.5) is 5.69 Å². The molecule has 9 nitrogen and oxygen atoms in total. The number of fused-ring (bicyclic) bond motifs is 1. The van der Waals surface area contributed by atoms with Gasteiger partial charge in [0.25, 0.3) is 0 Å². The lowest BCUT2D eigenvalue weighted by Gasteiger charge is -2.37. The highest BCUT2D eigenvalue weighted by Crippen LogP contribution is 2.32. The molecule has 9 heteroatoms. The van der Waals surface area contributed by atoms with Crippen LogP contribution in [0.5, 0.6) is 11.5 Å². The Balaban J connectivity index is 1.20. The van der Waals surface area contributed by atoms with Crippen molar-refractivity contribution in [3.63, 3.8) is 0 Å². The molecule has 0 radical (unpaired) electrons. The number of benzene rings is 2. The molecule has 0 saturated carbocycles. The number of ether oxygens (including phenoxy) is 2. The van der Waals surface area contributed by atoms with Crippen molar-refractivity contribution in [2.45, 2.75) is 19.0 Å². The largest absolute Gasteiger partial charge is 0.486 e. The van der Waals surface area contributed by atoms with Crippen LogP contribution >= 0.6 is 0 Å². The molecular formula is C24H27N5O4. The first kappa shape index (κ1) is 21.3. The van der Waals surface area contributed by atoms with Gasteiger partial charge in [0.1, 0.15) is 19.3 Å². The van der Waals surface area contributed by atoms with E-state index in [9.17, 15) is 9.59 Å². The Labute approximate surface area is 192 Å². The smallest absolute Gasteiger partial charge is 0.249 e. The first-order valence-electron chi connectivity index (χ1n) is 11.2. The van der Waals surface area contributed by atoms with E-state index in [0.29, 0.717) is 36.4 Å². The number of anilines is 1. The molecule has 1 atom stereocenters. The zero-order valence-electron chi connectivity index (χ0n) is 18.3. The third-order valence-electron chi connectivity index (χ3n) is 5.94. The van der Waals surface area contributed by atoms with Crippen LogP contribution < -0.4 is 20.1 Å². The number of aliphatic imine (C=N–C) groups is 1. The molecule has 0 aromatic heterocycles. The Bertz CT molecular complexity index is 1050. The third-order valence-corrected chi connectivity index (χ3v) is 5.94. The molecule has 0 unspecified atom stereocenters. The molecule has 1 fully saturated rings. The van der Waals surface area contributed by atoms with Crippen LogP contribution in [0.2, 0.25) is 0 Å². The van der Waals surface area contributed by atoms with E-state index < -0.39 is 6.04 Å². The van der Waals surface area contributed by atoms with Crippen LogP contribution in [0.3, 0.4) is 0 Å².